The highest BCUT2D eigenvalue weighted by atomic mass is 32.2. The van der Waals surface area contributed by atoms with E-state index in [9.17, 15) is 8.42 Å². The highest BCUT2D eigenvalue weighted by Crippen LogP contribution is 2.29. The van der Waals surface area contributed by atoms with Gasteiger partial charge >= 0.3 is 0 Å². The van der Waals surface area contributed by atoms with Crippen LogP contribution >= 0.6 is 11.8 Å². The molecule has 1 aromatic heterocycles. The van der Waals surface area contributed by atoms with Gasteiger partial charge in [0.15, 0.2) is 0 Å². The Labute approximate surface area is 125 Å². The first-order valence-electron chi connectivity index (χ1n) is 6.82. The molecule has 112 valence electrons. The van der Waals surface area contributed by atoms with E-state index in [1.807, 2.05) is 13.2 Å². The normalized spacial score (nSPS) is 22.9. The van der Waals surface area contributed by atoms with Crippen LogP contribution in [-0.2, 0) is 10.0 Å². The second-order valence-corrected chi connectivity index (χ2v) is 7.63. The van der Waals surface area contributed by atoms with Gasteiger partial charge in [0.05, 0.1) is 0 Å². The molecule has 0 aromatic carbocycles. The molecule has 1 saturated carbocycles. The lowest BCUT2D eigenvalue weighted by Gasteiger charge is -2.19. The second kappa shape index (κ2) is 6.78. The first-order chi connectivity index (χ1) is 9.56. The minimum absolute atomic E-state index is 0.0310. The highest BCUT2D eigenvalue weighted by Gasteiger charge is 2.30. The first kappa shape index (κ1) is 15.6. The molecule has 5 nitrogen and oxygen atoms in total. The van der Waals surface area contributed by atoms with Crippen molar-refractivity contribution in [1.82, 2.24) is 9.71 Å². The summed E-state index contributed by atoms with van der Waals surface area (Å²) in [5.74, 6) is 0.689. The molecule has 2 N–H and O–H groups in total. The Kier molecular flexibility index (Phi) is 5.29. The Morgan fingerprint density at radius 3 is 2.80 bits per heavy atom. The van der Waals surface area contributed by atoms with Gasteiger partial charge in [0.2, 0.25) is 10.0 Å². The minimum atomic E-state index is -3.47. The van der Waals surface area contributed by atoms with Crippen LogP contribution in [0.3, 0.4) is 0 Å². The molecule has 1 fully saturated rings. The Bertz CT molecular complexity index is 531. The van der Waals surface area contributed by atoms with Gasteiger partial charge in [0.25, 0.3) is 0 Å². The molecule has 2 atom stereocenters. The maximum atomic E-state index is 12.3. The van der Waals surface area contributed by atoms with Crippen LogP contribution in [0.2, 0.25) is 0 Å². The van der Waals surface area contributed by atoms with Crippen molar-refractivity contribution in [2.45, 2.75) is 42.4 Å². The Balaban J connectivity index is 2.09. The van der Waals surface area contributed by atoms with Crippen molar-refractivity contribution in [2.75, 3.05) is 18.1 Å². The van der Waals surface area contributed by atoms with Crippen LogP contribution in [0.4, 0.5) is 5.82 Å². The standard InChI is InChI=1S/C13H21N3O2S2/c1-3-14-13-8-7-10(9-15-13)20(17,18)16-11-5-4-6-12(11)19-2/h7-9,11-12,16H,3-6H2,1-2H3,(H,14,15). The molecule has 0 amide bonds. The molecule has 2 rings (SSSR count). The SMILES string of the molecule is CCNc1ccc(S(=O)(=O)NC2CCCC2SC)cn1. The van der Waals surface area contributed by atoms with Crippen LogP contribution in [-0.4, -0.2) is 37.5 Å². The summed E-state index contributed by atoms with van der Waals surface area (Å²) < 4.78 is 27.5. The summed E-state index contributed by atoms with van der Waals surface area (Å²) in [4.78, 5) is 4.34. The lowest BCUT2D eigenvalue weighted by molar-refractivity contribution is 0.555. The van der Waals surface area contributed by atoms with Crippen LogP contribution in [0.1, 0.15) is 26.2 Å². The molecule has 0 aliphatic heterocycles. The van der Waals surface area contributed by atoms with E-state index in [1.54, 1.807) is 23.9 Å². The van der Waals surface area contributed by atoms with Gasteiger partial charge in [-0.1, -0.05) is 6.42 Å². The third-order valence-corrected chi connectivity index (χ3v) is 6.11. The smallest absolute Gasteiger partial charge is 0.242 e. The zero-order valence-corrected chi connectivity index (χ0v) is 13.4. The molecule has 1 aliphatic rings. The molecular weight excluding hydrogens is 294 g/mol. The Morgan fingerprint density at radius 1 is 1.40 bits per heavy atom. The predicted octanol–water partition coefficient (Wildman–Crippen LogP) is 2.08. The van der Waals surface area contributed by atoms with Gasteiger partial charge in [-0.3, -0.25) is 0 Å². The summed E-state index contributed by atoms with van der Waals surface area (Å²) in [5.41, 5.74) is 0. The molecule has 0 saturated heterocycles. The van der Waals surface area contributed by atoms with Crippen molar-refractivity contribution in [1.29, 1.82) is 0 Å². The van der Waals surface area contributed by atoms with E-state index in [2.05, 4.69) is 15.0 Å². The Hall–Kier alpha value is -0.790. The van der Waals surface area contributed by atoms with E-state index in [4.69, 9.17) is 0 Å². The number of rotatable bonds is 6. The lowest BCUT2D eigenvalue weighted by atomic mass is 10.3. The van der Waals surface area contributed by atoms with Gasteiger partial charge < -0.3 is 5.32 Å². The van der Waals surface area contributed by atoms with Crippen LogP contribution < -0.4 is 10.0 Å². The van der Waals surface area contributed by atoms with Gasteiger partial charge in [0.1, 0.15) is 10.7 Å². The number of hydrogen-bond acceptors (Lipinski definition) is 5. The summed E-state index contributed by atoms with van der Waals surface area (Å²) in [7, 11) is -3.47. The molecule has 20 heavy (non-hydrogen) atoms. The predicted molar refractivity (Wildman–Crippen MR) is 83.7 cm³/mol. The number of anilines is 1. The van der Waals surface area contributed by atoms with Gasteiger partial charge in [0, 0.05) is 24.0 Å². The average Bonchev–Trinajstić information content (AvgIpc) is 2.86. The van der Waals surface area contributed by atoms with Crippen LogP contribution in [0.15, 0.2) is 23.2 Å². The monoisotopic (exact) mass is 315 g/mol. The largest absolute Gasteiger partial charge is 0.370 e. The topological polar surface area (TPSA) is 71.1 Å². The van der Waals surface area contributed by atoms with Gasteiger partial charge in [-0.2, -0.15) is 11.8 Å². The van der Waals surface area contributed by atoms with Crippen molar-refractivity contribution in [3.63, 3.8) is 0 Å². The number of thioether (sulfide) groups is 1. The number of hydrogen-bond donors (Lipinski definition) is 2. The van der Waals surface area contributed by atoms with E-state index < -0.39 is 10.0 Å². The molecule has 1 heterocycles. The van der Waals surface area contributed by atoms with Crippen molar-refractivity contribution in [2.24, 2.45) is 0 Å². The van der Waals surface area contributed by atoms with Crippen molar-refractivity contribution in [3.05, 3.63) is 18.3 Å². The molecule has 0 bridgehead atoms. The third-order valence-electron chi connectivity index (χ3n) is 3.47. The third kappa shape index (κ3) is 3.65. The Morgan fingerprint density at radius 2 is 2.20 bits per heavy atom. The molecule has 1 aliphatic carbocycles. The maximum absolute atomic E-state index is 12.3. The summed E-state index contributed by atoms with van der Waals surface area (Å²) in [6.07, 6.45) is 6.50. The maximum Gasteiger partial charge on any atom is 0.242 e. The zero-order chi connectivity index (χ0) is 14.6. The summed E-state index contributed by atoms with van der Waals surface area (Å²) in [6, 6.07) is 3.32. The number of nitrogens with one attached hydrogen (secondary N) is 2. The van der Waals surface area contributed by atoms with E-state index in [0.717, 1.165) is 25.8 Å². The summed E-state index contributed by atoms with van der Waals surface area (Å²) in [5, 5.41) is 3.42. The van der Waals surface area contributed by atoms with E-state index in [1.165, 1.54) is 6.20 Å². The van der Waals surface area contributed by atoms with Gasteiger partial charge in [-0.05, 0) is 38.2 Å². The van der Waals surface area contributed by atoms with Crippen LogP contribution in [0, 0.1) is 0 Å². The minimum Gasteiger partial charge on any atom is -0.370 e. The van der Waals surface area contributed by atoms with Crippen LogP contribution in [0.25, 0.3) is 0 Å². The highest BCUT2D eigenvalue weighted by molar-refractivity contribution is 7.99. The number of sulfonamides is 1. The fourth-order valence-corrected chi connectivity index (χ4v) is 4.71. The van der Waals surface area contributed by atoms with Gasteiger partial charge in [-0.15, -0.1) is 0 Å². The van der Waals surface area contributed by atoms with E-state index in [-0.39, 0.29) is 10.9 Å². The van der Waals surface area contributed by atoms with Crippen molar-refractivity contribution < 1.29 is 8.42 Å². The van der Waals surface area contributed by atoms with Gasteiger partial charge in [-0.25, -0.2) is 18.1 Å². The summed E-state index contributed by atoms with van der Waals surface area (Å²) >= 11 is 1.73. The zero-order valence-electron chi connectivity index (χ0n) is 11.8. The average molecular weight is 315 g/mol. The number of nitrogens with zero attached hydrogens (tertiary/aromatic N) is 1. The second-order valence-electron chi connectivity index (χ2n) is 4.84. The van der Waals surface area contributed by atoms with Crippen molar-refractivity contribution in [3.8, 4) is 0 Å². The van der Waals surface area contributed by atoms with Crippen LogP contribution in [0.5, 0.6) is 0 Å². The number of pyridine rings is 1. The molecule has 7 heteroatoms. The fraction of sp³-hybridized carbons (Fsp3) is 0.615. The van der Waals surface area contributed by atoms with E-state index >= 15 is 0 Å². The molecule has 0 radical (unpaired) electrons. The molecule has 0 spiro atoms. The molecule has 1 aromatic rings. The summed E-state index contributed by atoms with van der Waals surface area (Å²) in [6.45, 7) is 2.73. The molecule has 2 unspecified atom stereocenters. The number of aromatic nitrogens is 1. The molecular formula is C13H21N3O2S2. The lowest BCUT2D eigenvalue weighted by Crippen LogP contribution is -2.38. The van der Waals surface area contributed by atoms with E-state index in [0.29, 0.717) is 11.1 Å². The first-order valence-corrected chi connectivity index (χ1v) is 9.59. The quantitative estimate of drug-likeness (QED) is 0.841. The van der Waals surface area contributed by atoms with Crippen molar-refractivity contribution >= 4 is 27.6 Å². The fourth-order valence-electron chi connectivity index (χ4n) is 2.44.